The molecule has 0 unspecified atom stereocenters. The Balaban J connectivity index is 1.22. The quantitative estimate of drug-likeness (QED) is 0.611. The van der Waals surface area contributed by atoms with Gasteiger partial charge in [-0.15, -0.1) is 0 Å². The molecule has 0 aliphatic carbocycles. The molecule has 0 aromatic carbocycles. The monoisotopic (exact) mass is 465 g/mol. The van der Waals surface area contributed by atoms with Gasteiger partial charge in [-0.3, -0.25) is 9.59 Å². The first-order chi connectivity index (χ1) is 16.6. The number of pyridine rings is 1. The number of amides is 1. The van der Waals surface area contributed by atoms with Gasteiger partial charge in [-0.05, 0) is 38.3 Å². The highest BCUT2D eigenvalue weighted by molar-refractivity contribution is 5.76. The molecule has 0 spiro atoms. The Hall–Kier alpha value is -3.45. The van der Waals surface area contributed by atoms with Crippen LogP contribution in [0, 0.1) is 18.3 Å². The van der Waals surface area contributed by atoms with Crippen LogP contribution in [0.25, 0.3) is 0 Å². The van der Waals surface area contributed by atoms with Crippen LogP contribution >= 0.6 is 0 Å². The Kier molecular flexibility index (Phi) is 7.75. The van der Waals surface area contributed by atoms with Crippen LogP contribution in [0.15, 0.2) is 29.3 Å². The molecule has 10 heteroatoms. The van der Waals surface area contributed by atoms with Gasteiger partial charge in [0.1, 0.15) is 11.9 Å². The number of H-pyrrole nitrogens is 1. The molecule has 0 radical (unpaired) electrons. The van der Waals surface area contributed by atoms with Crippen LogP contribution in [0.3, 0.4) is 0 Å². The van der Waals surface area contributed by atoms with E-state index in [0.717, 1.165) is 50.4 Å². The van der Waals surface area contributed by atoms with Crippen molar-refractivity contribution in [3.63, 3.8) is 0 Å². The van der Waals surface area contributed by atoms with Gasteiger partial charge >= 0.3 is 0 Å². The van der Waals surface area contributed by atoms with E-state index in [1.54, 1.807) is 18.5 Å². The second-order valence-electron chi connectivity index (χ2n) is 8.76. The van der Waals surface area contributed by atoms with Crippen LogP contribution in [0.2, 0.25) is 0 Å². The van der Waals surface area contributed by atoms with E-state index in [-0.39, 0.29) is 17.5 Å². The third-order valence-electron chi connectivity index (χ3n) is 6.58. The molecular weight excluding hydrogens is 434 g/mol. The van der Waals surface area contributed by atoms with Crippen molar-refractivity contribution in [2.24, 2.45) is 0 Å². The molecule has 2 saturated heterocycles. The largest absolute Gasteiger partial charge is 0.379 e. The molecule has 2 aromatic rings. The maximum Gasteiger partial charge on any atom is 0.269 e. The first-order valence-corrected chi connectivity index (χ1v) is 11.8. The van der Waals surface area contributed by atoms with Crippen molar-refractivity contribution in [2.75, 3.05) is 55.7 Å². The fourth-order valence-electron chi connectivity index (χ4n) is 4.64. The lowest BCUT2D eigenvalue weighted by molar-refractivity contribution is -0.132. The van der Waals surface area contributed by atoms with Crippen molar-refractivity contribution < 1.29 is 9.53 Å². The molecule has 4 heterocycles. The van der Waals surface area contributed by atoms with Gasteiger partial charge in [0, 0.05) is 44.5 Å². The van der Waals surface area contributed by atoms with Gasteiger partial charge in [0.05, 0.1) is 43.1 Å². The molecule has 2 aliphatic rings. The van der Waals surface area contributed by atoms with Gasteiger partial charge in [-0.25, -0.2) is 10.1 Å². The number of nitrogens with one attached hydrogen (secondary N) is 1. The third kappa shape index (κ3) is 5.54. The fourth-order valence-corrected chi connectivity index (χ4v) is 4.64. The summed E-state index contributed by atoms with van der Waals surface area (Å²) in [4.78, 5) is 35.3. The minimum atomic E-state index is -0.166. The zero-order valence-corrected chi connectivity index (χ0v) is 19.6. The predicted molar refractivity (Wildman–Crippen MR) is 128 cm³/mol. The molecule has 0 saturated carbocycles. The summed E-state index contributed by atoms with van der Waals surface area (Å²) in [6.45, 7) is 6.49. The molecule has 34 heavy (non-hydrogen) atoms. The Morgan fingerprint density at radius 1 is 1.21 bits per heavy atom. The zero-order chi connectivity index (χ0) is 23.9. The highest BCUT2D eigenvalue weighted by Gasteiger charge is 2.27. The SMILES string of the molecule is Cc1c(N2CCC[C@H]2COCCC(=O)N2CCCN(c3ccc(C#N)cn3)CC2)cn[nH]c1=O. The number of ether oxygens (including phenoxy) is 1. The van der Waals surface area contributed by atoms with Crippen LogP contribution in [-0.2, 0) is 9.53 Å². The standard InChI is InChI=1S/C24H31N7O3/c1-18-21(16-27-28-24(18)33)31-10-2-4-20(31)17-34-13-7-23(32)30-9-3-8-29(11-12-30)22-6-5-19(14-25)15-26-22/h5-6,15-16,20H,2-4,7-13,17H2,1H3,(H,28,33)/t20-/m0/s1. The van der Waals surface area contributed by atoms with E-state index < -0.39 is 0 Å². The first-order valence-electron chi connectivity index (χ1n) is 11.8. The van der Waals surface area contributed by atoms with E-state index in [0.29, 0.717) is 43.9 Å². The van der Waals surface area contributed by atoms with E-state index in [9.17, 15) is 9.59 Å². The van der Waals surface area contributed by atoms with Gasteiger partial charge < -0.3 is 19.4 Å². The van der Waals surface area contributed by atoms with Crippen molar-refractivity contribution in [1.29, 1.82) is 5.26 Å². The Morgan fingerprint density at radius 2 is 2.09 bits per heavy atom. The summed E-state index contributed by atoms with van der Waals surface area (Å²) in [6, 6.07) is 5.90. The lowest BCUT2D eigenvalue weighted by atomic mass is 10.2. The van der Waals surface area contributed by atoms with Gasteiger partial charge in [0.25, 0.3) is 5.56 Å². The molecular formula is C24H31N7O3. The number of aromatic nitrogens is 3. The smallest absolute Gasteiger partial charge is 0.269 e. The lowest BCUT2D eigenvalue weighted by Crippen LogP contribution is -2.37. The summed E-state index contributed by atoms with van der Waals surface area (Å²) in [5, 5.41) is 15.4. The van der Waals surface area contributed by atoms with Crippen molar-refractivity contribution in [2.45, 2.75) is 38.6 Å². The van der Waals surface area contributed by atoms with Crippen LogP contribution in [0.5, 0.6) is 0 Å². The first kappa shape index (κ1) is 23.7. The number of nitrogens with zero attached hydrogens (tertiary/aromatic N) is 6. The highest BCUT2D eigenvalue weighted by Crippen LogP contribution is 2.26. The highest BCUT2D eigenvalue weighted by atomic mass is 16.5. The summed E-state index contributed by atoms with van der Waals surface area (Å²) in [5.74, 6) is 0.941. The zero-order valence-electron chi connectivity index (χ0n) is 19.6. The molecule has 2 aliphatic heterocycles. The number of rotatable bonds is 7. The summed E-state index contributed by atoms with van der Waals surface area (Å²) < 4.78 is 5.90. The maximum absolute atomic E-state index is 12.8. The van der Waals surface area contributed by atoms with E-state index in [4.69, 9.17) is 10.00 Å². The molecule has 1 N–H and O–H groups in total. The van der Waals surface area contributed by atoms with Gasteiger partial charge in [-0.2, -0.15) is 10.4 Å². The maximum atomic E-state index is 12.8. The second kappa shape index (κ2) is 11.1. The van der Waals surface area contributed by atoms with Crippen LogP contribution in [0.4, 0.5) is 11.5 Å². The average molecular weight is 466 g/mol. The summed E-state index contributed by atoms with van der Waals surface area (Å²) in [7, 11) is 0. The molecule has 4 rings (SSSR count). The minimum Gasteiger partial charge on any atom is -0.379 e. The van der Waals surface area contributed by atoms with E-state index in [1.807, 2.05) is 17.9 Å². The molecule has 180 valence electrons. The molecule has 2 fully saturated rings. The van der Waals surface area contributed by atoms with Crippen molar-refractivity contribution >= 4 is 17.4 Å². The summed E-state index contributed by atoms with van der Waals surface area (Å²) in [6.07, 6.45) is 6.54. The van der Waals surface area contributed by atoms with Crippen molar-refractivity contribution in [1.82, 2.24) is 20.1 Å². The molecule has 10 nitrogen and oxygen atoms in total. The lowest BCUT2D eigenvalue weighted by Gasteiger charge is -2.27. The number of nitriles is 1. The molecule has 1 amide bonds. The third-order valence-corrected chi connectivity index (χ3v) is 6.58. The molecule has 1 atom stereocenters. The number of hydrogen-bond donors (Lipinski definition) is 1. The van der Waals surface area contributed by atoms with Gasteiger partial charge in [0.2, 0.25) is 5.91 Å². The number of carbonyl (C=O) groups is 1. The minimum absolute atomic E-state index is 0.104. The topological polar surface area (TPSA) is 118 Å². The van der Waals surface area contributed by atoms with E-state index >= 15 is 0 Å². The Morgan fingerprint density at radius 3 is 2.88 bits per heavy atom. The Labute approximate surface area is 199 Å². The normalized spacial score (nSPS) is 18.6. The second-order valence-corrected chi connectivity index (χ2v) is 8.76. The Bertz CT molecular complexity index is 1080. The predicted octanol–water partition coefficient (Wildman–Crippen LogP) is 1.46. The number of anilines is 2. The van der Waals surface area contributed by atoms with Crippen molar-refractivity contribution in [3.8, 4) is 6.07 Å². The number of hydrogen-bond acceptors (Lipinski definition) is 8. The van der Waals surface area contributed by atoms with E-state index in [1.165, 1.54) is 0 Å². The van der Waals surface area contributed by atoms with Crippen LogP contribution in [-0.4, -0.2) is 78.0 Å². The van der Waals surface area contributed by atoms with Gasteiger partial charge in [-0.1, -0.05) is 0 Å². The van der Waals surface area contributed by atoms with E-state index in [2.05, 4.69) is 31.1 Å². The van der Waals surface area contributed by atoms with Crippen LogP contribution < -0.4 is 15.4 Å². The van der Waals surface area contributed by atoms with Crippen LogP contribution in [0.1, 0.15) is 36.8 Å². The number of aromatic amines is 1. The van der Waals surface area contributed by atoms with Gasteiger partial charge in [0.15, 0.2) is 0 Å². The molecule has 0 bridgehead atoms. The summed E-state index contributed by atoms with van der Waals surface area (Å²) in [5.41, 5.74) is 1.90. The fraction of sp³-hybridized carbons (Fsp3) is 0.542. The average Bonchev–Trinajstić information content (AvgIpc) is 3.17. The summed E-state index contributed by atoms with van der Waals surface area (Å²) >= 11 is 0. The number of carbonyl (C=O) groups excluding carboxylic acids is 1. The van der Waals surface area contributed by atoms with Crippen molar-refractivity contribution in [3.05, 3.63) is 46.0 Å². The molecule has 2 aromatic heterocycles.